The highest BCUT2D eigenvalue weighted by atomic mass is 32.2. The minimum absolute atomic E-state index is 0.0371. The third kappa shape index (κ3) is 4.67. The fraction of sp³-hybridized carbons (Fsp3) is 0.556. The molecule has 0 aromatic heterocycles. The molecule has 1 aromatic carbocycles. The Labute approximate surface area is 148 Å². The van der Waals surface area contributed by atoms with Crippen LogP contribution in [0.25, 0.3) is 0 Å². The summed E-state index contributed by atoms with van der Waals surface area (Å²) in [4.78, 5) is 23.0. The molecule has 1 aliphatic rings. The number of carboxylic acid groups (broad SMARTS) is 1. The second kappa shape index (κ2) is 8.10. The molecule has 7 heteroatoms. The summed E-state index contributed by atoms with van der Waals surface area (Å²) in [6.45, 7) is 4.14. The van der Waals surface area contributed by atoms with E-state index in [4.69, 9.17) is 5.11 Å². The topological polar surface area (TPSA) is 91.8 Å². The molecule has 2 rings (SSSR count). The zero-order chi connectivity index (χ0) is 18.6. The number of carbonyl (C=O) groups is 2. The van der Waals surface area contributed by atoms with E-state index < -0.39 is 21.9 Å². The van der Waals surface area contributed by atoms with E-state index in [0.29, 0.717) is 37.9 Å². The Morgan fingerprint density at radius 2 is 2.08 bits per heavy atom. The number of ketones is 1. The number of carbonyl (C=O) groups excluding carboxylic acids is 1. The van der Waals surface area contributed by atoms with Gasteiger partial charge in [-0.15, -0.1) is 0 Å². The minimum atomic E-state index is -3.68. The summed E-state index contributed by atoms with van der Waals surface area (Å²) in [6, 6.07) is 6.15. The van der Waals surface area contributed by atoms with Crippen LogP contribution in [-0.2, 0) is 14.8 Å². The standard InChI is InChI=1S/C18H25NO5S/c1-3-17(20)15-7-4-8-16(11-15)25(23,24)19-9-5-6-14(12-19)10-13(2)18(21)22/h4,7-8,11,13-14H,3,5-6,9-10,12H2,1-2H3,(H,21,22). The smallest absolute Gasteiger partial charge is 0.306 e. The number of Topliss-reactive ketones (excluding diaryl/α,β-unsaturated/α-hetero) is 1. The third-order valence-electron chi connectivity index (χ3n) is 4.71. The van der Waals surface area contributed by atoms with Crippen LogP contribution in [0.1, 0.15) is 49.9 Å². The molecule has 1 N–H and O–H groups in total. The lowest BCUT2D eigenvalue weighted by Crippen LogP contribution is -2.40. The van der Waals surface area contributed by atoms with Gasteiger partial charge in [0.1, 0.15) is 0 Å². The predicted octanol–water partition coefficient (Wildman–Crippen LogP) is 2.79. The van der Waals surface area contributed by atoms with E-state index in [1.165, 1.54) is 16.4 Å². The first-order chi connectivity index (χ1) is 11.8. The summed E-state index contributed by atoms with van der Waals surface area (Å²) in [5, 5.41) is 9.06. The SMILES string of the molecule is CCC(=O)c1cccc(S(=O)(=O)N2CCCC(CC(C)C(=O)O)C2)c1. The zero-order valence-electron chi connectivity index (χ0n) is 14.6. The molecule has 25 heavy (non-hydrogen) atoms. The Bertz CT molecular complexity index is 744. The van der Waals surface area contributed by atoms with Crippen molar-refractivity contribution in [2.75, 3.05) is 13.1 Å². The number of rotatable bonds is 7. The molecular formula is C18H25NO5S. The first kappa shape index (κ1) is 19.6. The van der Waals surface area contributed by atoms with Crippen LogP contribution in [0.15, 0.2) is 29.2 Å². The fourth-order valence-corrected chi connectivity index (χ4v) is 4.82. The third-order valence-corrected chi connectivity index (χ3v) is 6.57. The van der Waals surface area contributed by atoms with E-state index in [1.807, 2.05) is 0 Å². The van der Waals surface area contributed by atoms with Gasteiger partial charge in [-0.2, -0.15) is 4.31 Å². The number of benzene rings is 1. The summed E-state index contributed by atoms with van der Waals surface area (Å²) in [5.74, 6) is -1.40. The molecule has 1 heterocycles. The Morgan fingerprint density at radius 3 is 2.72 bits per heavy atom. The van der Waals surface area contributed by atoms with Crippen molar-refractivity contribution in [3.05, 3.63) is 29.8 Å². The normalized spacial score (nSPS) is 20.2. The molecule has 2 unspecified atom stereocenters. The second-order valence-corrected chi connectivity index (χ2v) is 8.59. The summed E-state index contributed by atoms with van der Waals surface area (Å²) < 4.78 is 27.2. The maximum Gasteiger partial charge on any atom is 0.306 e. The highest BCUT2D eigenvalue weighted by Gasteiger charge is 2.32. The molecule has 0 amide bonds. The van der Waals surface area contributed by atoms with Crippen LogP contribution in [0.2, 0.25) is 0 Å². The van der Waals surface area contributed by atoms with Gasteiger partial charge in [0.05, 0.1) is 10.8 Å². The fourth-order valence-electron chi connectivity index (χ4n) is 3.22. The maximum atomic E-state index is 12.9. The molecule has 138 valence electrons. The van der Waals surface area contributed by atoms with Crippen LogP contribution in [0.5, 0.6) is 0 Å². The molecule has 1 fully saturated rings. The van der Waals surface area contributed by atoms with Crippen molar-refractivity contribution in [1.29, 1.82) is 0 Å². The molecule has 1 aliphatic heterocycles. The molecule has 0 spiro atoms. The average Bonchev–Trinajstić information content (AvgIpc) is 2.61. The number of piperidine rings is 1. The van der Waals surface area contributed by atoms with Crippen LogP contribution in [0, 0.1) is 11.8 Å². The molecule has 2 atom stereocenters. The van der Waals surface area contributed by atoms with Crippen molar-refractivity contribution in [2.24, 2.45) is 11.8 Å². The first-order valence-electron chi connectivity index (χ1n) is 8.62. The van der Waals surface area contributed by atoms with E-state index in [1.54, 1.807) is 26.0 Å². The Morgan fingerprint density at radius 1 is 1.36 bits per heavy atom. The van der Waals surface area contributed by atoms with Crippen molar-refractivity contribution in [3.8, 4) is 0 Å². The lowest BCUT2D eigenvalue weighted by Gasteiger charge is -2.32. The summed E-state index contributed by atoms with van der Waals surface area (Å²) in [7, 11) is -3.68. The number of hydrogen-bond donors (Lipinski definition) is 1. The Kier molecular flexibility index (Phi) is 6.35. The largest absolute Gasteiger partial charge is 0.481 e. The van der Waals surface area contributed by atoms with Gasteiger partial charge in [-0.3, -0.25) is 9.59 Å². The number of aliphatic carboxylic acids is 1. The summed E-state index contributed by atoms with van der Waals surface area (Å²) >= 11 is 0. The number of carboxylic acids is 1. The first-order valence-corrected chi connectivity index (χ1v) is 10.1. The molecule has 0 aliphatic carbocycles. The minimum Gasteiger partial charge on any atom is -0.481 e. The van der Waals surface area contributed by atoms with Gasteiger partial charge in [0.15, 0.2) is 5.78 Å². The maximum absolute atomic E-state index is 12.9. The van der Waals surface area contributed by atoms with Gasteiger partial charge in [0, 0.05) is 25.1 Å². The highest BCUT2D eigenvalue weighted by molar-refractivity contribution is 7.89. The monoisotopic (exact) mass is 367 g/mol. The lowest BCUT2D eigenvalue weighted by molar-refractivity contribution is -0.141. The van der Waals surface area contributed by atoms with Gasteiger partial charge in [-0.1, -0.05) is 26.0 Å². The predicted molar refractivity (Wildman–Crippen MR) is 94.0 cm³/mol. The van der Waals surface area contributed by atoms with E-state index in [2.05, 4.69) is 0 Å². The average molecular weight is 367 g/mol. The molecule has 6 nitrogen and oxygen atoms in total. The lowest BCUT2D eigenvalue weighted by atomic mass is 9.90. The Balaban J connectivity index is 2.18. The Hall–Kier alpha value is -1.73. The number of nitrogens with zero attached hydrogens (tertiary/aromatic N) is 1. The van der Waals surface area contributed by atoms with Gasteiger partial charge >= 0.3 is 5.97 Å². The van der Waals surface area contributed by atoms with Gasteiger partial charge in [0.25, 0.3) is 0 Å². The number of sulfonamides is 1. The van der Waals surface area contributed by atoms with Crippen molar-refractivity contribution < 1.29 is 23.1 Å². The van der Waals surface area contributed by atoms with E-state index in [0.717, 1.165) is 6.42 Å². The van der Waals surface area contributed by atoms with Gasteiger partial charge < -0.3 is 5.11 Å². The van der Waals surface area contributed by atoms with Crippen molar-refractivity contribution >= 4 is 21.8 Å². The van der Waals surface area contributed by atoms with Crippen molar-refractivity contribution in [3.63, 3.8) is 0 Å². The van der Waals surface area contributed by atoms with E-state index in [9.17, 15) is 18.0 Å². The van der Waals surface area contributed by atoms with Crippen molar-refractivity contribution in [1.82, 2.24) is 4.31 Å². The molecule has 0 radical (unpaired) electrons. The van der Waals surface area contributed by atoms with Crippen LogP contribution in [-0.4, -0.2) is 42.7 Å². The van der Waals surface area contributed by atoms with Gasteiger partial charge in [-0.25, -0.2) is 8.42 Å². The van der Waals surface area contributed by atoms with Gasteiger partial charge in [0.2, 0.25) is 10.0 Å². The van der Waals surface area contributed by atoms with E-state index >= 15 is 0 Å². The van der Waals surface area contributed by atoms with Crippen LogP contribution in [0.3, 0.4) is 0 Å². The highest BCUT2D eigenvalue weighted by Crippen LogP contribution is 2.28. The summed E-state index contributed by atoms with van der Waals surface area (Å²) in [6.07, 6.45) is 2.33. The van der Waals surface area contributed by atoms with Gasteiger partial charge in [-0.05, 0) is 37.3 Å². The molecule has 0 bridgehead atoms. The number of hydrogen-bond acceptors (Lipinski definition) is 4. The molecule has 1 aromatic rings. The van der Waals surface area contributed by atoms with Crippen LogP contribution in [0.4, 0.5) is 0 Å². The molecule has 0 saturated carbocycles. The second-order valence-electron chi connectivity index (χ2n) is 6.65. The van der Waals surface area contributed by atoms with E-state index in [-0.39, 0.29) is 16.6 Å². The zero-order valence-corrected chi connectivity index (χ0v) is 15.5. The molecular weight excluding hydrogens is 342 g/mol. The van der Waals surface area contributed by atoms with Crippen molar-refractivity contribution in [2.45, 2.75) is 44.4 Å². The van der Waals surface area contributed by atoms with Crippen LogP contribution >= 0.6 is 0 Å². The quantitative estimate of drug-likeness (QED) is 0.748. The van der Waals surface area contributed by atoms with Crippen LogP contribution < -0.4 is 0 Å². The summed E-state index contributed by atoms with van der Waals surface area (Å²) in [5.41, 5.74) is 0.400. The molecule has 1 saturated heterocycles.